The Kier molecular flexibility index (Phi) is 4.82. The second kappa shape index (κ2) is 6.43. The van der Waals surface area contributed by atoms with Crippen LogP contribution in [0.1, 0.15) is 23.8 Å². The summed E-state index contributed by atoms with van der Waals surface area (Å²) in [6, 6.07) is 10.4. The first kappa shape index (κ1) is 15.8. The van der Waals surface area contributed by atoms with Crippen molar-refractivity contribution in [3.05, 3.63) is 53.9 Å². The first-order chi connectivity index (χ1) is 9.90. The zero-order chi connectivity index (χ0) is 15.5. The van der Waals surface area contributed by atoms with E-state index in [0.717, 1.165) is 11.3 Å². The topological polar surface area (TPSA) is 71.3 Å². The van der Waals surface area contributed by atoms with Gasteiger partial charge in [-0.1, -0.05) is 12.1 Å². The molecule has 0 fully saturated rings. The Morgan fingerprint density at radius 3 is 2.67 bits per heavy atom. The van der Waals surface area contributed by atoms with E-state index in [1.807, 2.05) is 42.9 Å². The molecule has 2 N–H and O–H groups in total. The van der Waals surface area contributed by atoms with E-state index in [4.69, 9.17) is 0 Å². The number of aliphatic hydroxyl groups excluding tert-OH is 1. The van der Waals surface area contributed by atoms with Gasteiger partial charge in [0.25, 0.3) is 0 Å². The number of hydrogen-bond donors (Lipinski definition) is 2. The lowest BCUT2D eigenvalue weighted by Crippen LogP contribution is -2.26. The van der Waals surface area contributed by atoms with Gasteiger partial charge in [0.15, 0.2) is 0 Å². The molecule has 1 heterocycles. The summed E-state index contributed by atoms with van der Waals surface area (Å²) in [6.07, 6.45) is 1.48. The Morgan fingerprint density at radius 1 is 1.29 bits per heavy atom. The van der Waals surface area contributed by atoms with E-state index in [1.165, 1.54) is 0 Å². The van der Waals surface area contributed by atoms with Crippen molar-refractivity contribution in [2.45, 2.75) is 24.3 Å². The van der Waals surface area contributed by atoms with E-state index in [9.17, 15) is 13.5 Å². The Balaban J connectivity index is 1.95. The summed E-state index contributed by atoms with van der Waals surface area (Å²) in [7, 11) is -1.68. The minimum absolute atomic E-state index is 0.183. The van der Waals surface area contributed by atoms with E-state index in [1.54, 1.807) is 18.2 Å². The van der Waals surface area contributed by atoms with Gasteiger partial charge in [-0.15, -0.1) is 0 Å². The van der Waals surface area contributed by atoms with Gasteiger partial charge >= 0.3 is 0 Å². The van der Waals surface area contributed by atoms with Crippen LogP contribution in [0.15, 0.2) is 47.5 Å². The highest BCUT2D eigenvalue weighted by atomic mass is 32.2. The molecule has 0 aliphatic carbocycles. The molecule has 0 spiro atoms. The first-order valence-corrected chi connectivity index (χ1v) is 8.24. The second-order valence-corrected chi connectivity index (χ2v) is 6.83. The molecule has 0 saturated heterocycles. The van der Waals surface area contributed by atoms with Crippen LogP contribution in [-0.4, -0.2) is 24.6 Å². The number of sulfonamides is 1. The molecule has 2 rings (SSSR count). The molecular weight excluding hydrogens is 288 g/mol. The van der Waals surface area contributed by atoms with E-state index >= 15 is 0 Å². The van der Waals surface area contributed by atoms with Gasteiger partial charge in [-0.3, -0.25) is 0 Å². The van der Waals surface area contributed by atoms with Crippen molar-refractivity contribution in [2.75, 3.05) is 6.54 Å². The summed E-state index contributed by atoms with van der Waals surface area (Å²) >= 11 is 0. The average Bonchev–Trinajstić information content (AvgIpc) is 2.85. The third-order valence-corrected chi connectivity index (χ3v) is 4.79. The quantitative estimate of drug-likeness (QED) is 0.854. The highest BCUT2D eigenvalue weighted by Crippen LogP contribution is 2.16. The lowest BCUT2D eigenvalue weighted by Gasteiger charge is -2.13. The van der Waals surface area contributed by atoms with Crippen molar-refractivity contribution >= 4 is 10.0 Å². The van der Waals surface area contributed by atoms with Gasteiger partial charge in [0.05, 0.1) is 11.0 Å². The lowest BCUT2D eigenvalue weighted by atomic mass is 10.2. The summed E-state index contributed by atoms with van der Waals surface area (Å²) < 4.78 is 28.6. The van der Waals surface area contributed by atoms with Crippen LogP contribution >= 0.6 is 0 Å². The molecule has 0 amide bonds. The van der Waals surface area contributed by atoms with Crippen molar-refractivity contribution in [1.29, 1.82) is 0 Å². The molecular formula is C15H20N2O3S. The zero-order valence-corrected chi connectivity index (χ0v) is 13.0. The summed E-state index contributed by atoms with van der Waals surface area (Å²) in [6.45, 7) is 2.03. The van der Waals surface area contributed by atoms with Gasteiger partial charge in [-0.25, -0.2) is 13.1 Å². The Bertz CT molecular complexity index is 707. The molecule has 1 aromatic heterocycles. The average molecular weight is 308 g/mol. The third-order valence-electron chi connectivity index (χ3n) is 3.34. The second-order valence-electron chi connectivity index (χ2n) is 5.06. The summed E-state index contributed by atoms with van der Waals surface area (Å²) in [5, 5.41) is 10.0. The number of hydrogen-bond acceptors (Lipinski definition) is 3. The van der Waals surface area contributed by atoms with Crippen LogP contribution < -0.4 is 4.72 Å². The van der Waals surface area contributed by atoms with Crippen LogP contribution in [0, 0.1) is 6.92 Å². The number of rotatable bonds is 6. The zero-order valence-electron chi connectivity index (χ0n) is 12.2. The molecule has 0 aliphatic heterocycles. The number of nitrogens with one attached hydrogen (secondary N) is 1. The van der Waals surface area contributed by atoms with Crippen molar-refractivity contribution in [3.8, 4) is 0 Å². The number of benzene rings is 1. The molecule has 1 unspecified atom stereocenters. The van der Waals surface area contributed by atoms with Crippen LogP contribution in [-0.2, 0) is 17.1 Å². The van der Waals surface area contributed by atoms with E-state index < -0.39 is 16.1 Å². The maximum absolute atomic E-state index is 12.1. The summed E-state index contributed by atoms with van der Waals surface area (Å²) in [5.41, 5.74) is 1.66. The Labute approximate surface area is 125 Å². The number of aryl methyl sites for hydroxylation is 2. The van der Waals surface area contributed by atoms with Crippen molar-refractivity contribution < 1.29 is 13.5 Å². The van der Waals surface area contributed by atoms with Crippen LogP contribution in [0.2, 0.25) is 0 Å². The minimum atomic E-state index is -3.53. The standard InChI is InChI=1S/C15H20N2O3S/c1-12-5-3-6-13(11-12)21(19,20)16-9-8-15(18)14-7-4-10-17(14)2/h3-7,10-11,15-16,18H,8-9H2,1-2H3. The van der Waals surface area contributed by atoms with E-state index in [2.05, 4.69) is 4.72 Å². The van der Waals surface area contributed by atoms with Crippen molar-refractivity contribution in [1.82, 2.24) is 9.29 Å². The predicted octanol–water partition coefficient (Wildman–Crippen LogP) is 1.74. The van der Waals surface area contributed by atoms with Gasteiger partial charge in [-0.05, 0) is 43.2 Å². The fraction of sp³-hybridized carbons (Fsp3) is 0.333. The largest absolute Gasteiger partial charge is 0.387 e. The fourth-order valence-corrected chi connectivity index (χ4v) is 3.32. The molecule has 1 aromatic carbocycles. The van der Waals surface area contributed by atoms with Crippen LogP contribution in [0.25, 0.3) is 0 Å². The number of aliphatic hydroxyl groups is 1. The smallest absolute Gasteiger partial charge is 0.240 e. The molecule has 5 nitrogen and oxygen atoms in total. The summed E-state index contributed by atoms with van der Waals surface area (Å²) in [4.78, 5) is 0.246. The van der Waals surface area contributed by atoms with Crippen molar-refractivity contribution in [2.24, 2.45) is 7.05 Å². The Morgan fingerprint density at radius 2 is 2.05 bits per heavy atom. The summed E-state index contributed by atoms with van der Waals surface area (Å²) in [5.74, 6) is 0. The number of aromatic nitrogens is 1. The number of nitrogens with zero attached hydrogens (tertiary/aromatic N) is 1. The molecule has 0 bridgehead atoms. The van der Waals surface area contributed by atoms with E-state index in [0.29, 0.717) is 6.42 Å². The van der Waals surface area contributed by atoms with Gasteiger partial charge in [0.2, 0.25) is 10.0 Å². The molecule has 2 aromatic rings. The highest BCUT2D eigenvalue weighted by molar-refractivity contribution is 7.89. The predicted molar refractivity (Wildman–Crippen MR) is 81.4 cm³/mol. The van der Waals surface area contributed by atoms with Crippen LogP contribution in [0.5, 0.6) is 0 Å². The van der Waals surface area contributed by atoms with Crippen molar-refractivity contribution in [3.63, 3.8) is 0 Å². The van der Waals surface area contributed by atoms with Gasteiger partial charge < -0.3 is 9.67 Å². The lowest BCUT2D eigenvalue weighted by molar-refractivity contribution is 0.161. The monoisotopic (exact) mass is 308 g/mol. The molecule has 114 valence electrons. The van der Waals surface area contributed by atoms with Gasteiger partial charge in [0, 0.05) is 25.5 Å². The molecule has 1 atom stereocenters. The minimum Gasteiger partial charge on any atom is -0.387 e. The van der Waals surface area contributed by atoms with Gasteiger partial charge in [-0.2, -0.15) is 0 Å². The molecule has 6 heteroatoms. The molecule has 0 saturated carbocycles. The fourth-order valence-electron chi connectivity index (χ4n) is 2.16. The van der Waals surface area contributed by atoms with E-state index in [-0.39, 0.29) is 11.4 Å². The van der Waals surface area contributed by atoms with Crippen LogP contribution in [0.3, 0.4) is 0 Å². The SMILES string of the molecule is Cc1cccc(S(=O)(=O)NCCC(O)c2cccn2C)c1. The molecule has 21 heavy (non-hydrogen) atoms. The normalized spacial score (nSPS) is 13.3. The Hall–Kier alpha value is -1.63. The maximum atomic E-state index is 12.1. The maximum Gasteiger partial charge on any atom is 0.240 e. The van der Waals surface area contributed by atoms with Crippen LogP contribution in [0.4, 0.5) is 0 Å². The first-order valence-electron chi connectivity index (χ1n) is 6.76. The molecule has 0 radical (unpaired) electrons. The molecule has 0 aliphatic rings. The van der Waals surface area contributed by atoms with Gasteiger partial charge in [0.1, 0.15) is 0 Å². The highest BCUT2D eigenvalue weighted by Gasteiger charge is 2.15. The third kappa shape index (κ3) is 3.93.